The second-order valence-corrected chi connectivity index (χ2v) is 14.1. The minimum Gasteiger partial charge on any atom is -0.442 e. The molecule has 1 spiro atoms. The molecule has 4 saturated heterocycles. The Hall–Kier alpha value is -2.33. The van der Waals surface area contributed by atoms with Crippen molar-refractivity contribution in [2.45, 2.75) is 90.2 Å². The lowest BCUT2D eigenvalue weighted by atomic mass is 9.74. The highest BCUT2D eigenvalue weighted by atomic mass is 19.3. The number of piperidine rings is 2. The van der Waals surface area contributed by atoms with Crippen molar-refractivity contribution in [3.63, 3.8) is 0 Å². The number of carbonyl (C=O) groups excluding carboxylic acids is 2. The van der Waals surface area contributed by atoms with Crippen molar-refractivity contribution in [1.82, 2.24) is 19.7 Å². The summed E-state index contributed by atoms with van der Waals surface area (Å²) in [4.78, 5) is 37.2. The van der Waals surface area contributed by atoms with Crippen molar-refractivity contribution in [3.8, 4) is 0 Å². The van der Waals surface area contributed by atoms with E-state index in [1.54, 1.807) is 13.8 Å². The molecular formula is C33H48F2N4O4. The average molecular weight is 603 g/mol. The Labute approximate surface area is 254 Å². The number of unbranched alkanes of at least 4 members (excludes halogenated alkanes) is 1. The number of ether oxygens (including phenoxy) is 2. The predicted molar refractivity (Wildman–Crippen MR) is 158 cm³/mol. The minimum absolute atomic E-state index is 0.0459. The highest BCUT2D eigenvalue weighted by molar-refractivity contribution is 5.96. The van der Waals surface area contributed by atoms with E-state index in [2.05, 4.69) is 23.7 Å². The molecular weight excluding hydrogens is 554 g/mol. The third-order valence-electron chi connectivity index (χ3n) is 11.6. The van der Waals surface area contributed by atoms with E-state index in [4.69, 9.17) is 9.47 Å². The van der Waals surface area contributed by atoms with Crippen LogP contribution in [0.4, 0.5) is 13.6 Å². The maximum atomic E-state index is 13.4. The summed E-state index contributed by atoms with van der Waals surface area (Å²) in [5.41, 5.74) is 0.639. The molecule has 43 heavy (non-hydrogen) atoms. The Bertz CT molecular complexity index is 1180. The van der Waals surface area contributed by atoms with Gasteiger partial charge in [-0.3, -0.25) is 14.7 Å². The monoisotopic (exact) mass is 602 g/mol. The van der Waals surface area contributed by atoms with Gasteiger partial charge in [-0.2, -0.15) is 0 Å². The number of nitrogens with zero attached hydrogens (tertiary/aromatic N) is 4. The molecule has 0 aromatic carbocycles. The number of rotatable bonds is 8. The molecule has 1 aliphatic carbocycles. The number of hydrogen-bond acceptors (Lipinski definition) is 6. The standard InChI is InChI=1S/C33H48F2N4O4/c1-5-6-7-23-17-38(18-24-25-19-42-20-26(24)25)31(41)43-33(23)10-14-39(15-11-33)32(4)8-12-37(13-9-32)30(40)28-21(2)16-27(29(34)35)36-22(28)3/h16,23-26,29H,5-15,17-20H2,1-4H3/t23-,24?,25?,26?/m0/s1. The normalized spacial score (nSPS) is 30.1. The predicted octanol–water partition coefficient (Wildman–Crippen LogP) is 5.62. The number of alkyl halides is 2. The van der Waals surface area contributed by atoms with Crippen LogP contribution >= 0.6 is 0 Å². The van der Waals surface area contributed by atoms with Gasteiger partial charge in [-0.25, -0.2) is 13.6 Å². The van der Waals surface area contributed by atoms with E-state index in [0.29, 0.717) is 53.6 Å². The molecule has 6 rings (SSSR count). The van der Waals surface area contributed by atoms with Crippen molar-refractivity contribution >= 4 is 12.0 Å². The summed E-state index contributed by atoms with van der Waals surface area (Å²) in [6.07, 6.45) is 3.95. The maximum absolute atomic E-state index is 13.4. The van der Waals surface area contributed by atoms with E-state index in [-0.39, 0.29) is 28.8 Å². The first-order valence-electron chi connectivity index (χ1n) is 16.4. The summed E-state index contributed by atoms with van der Waals surface area (Å²) in [7, 11) is 0. The highest BCUT2D eigenvalue weighted by Crippen LogP contribution is 2.52. The van der Waals surface area contributed by atoms with E-state index in [9.17, 15) is 18.4 Å². The number of aromatic nitrogens is 1. The fourth-order valence-electron chi connectivity index (χ4n) is 8.56. The first-order chi connectivity index (χ1) is 20.5. The Kier molecular flexibility index (Phi) is 8.48. The molecule has 0 bridgehead atoms. The van der Waals surface area contributed by atoms with Crippen LogP contribution in [0.3, 0.4) is 0 Å². The van der Waals surface area contributed by atoms with Crippen LogP contribution in [-0.2, 0) is 9.47 Å². The molecule has 8 nitrogen and oxygen atoms in total. The summed E-state index contributed by atoms with van der Waals surface area (Å²) in [5, 5.41) is 0. The molecule has 238 valence electrons. The summed E-state index contributed by atoms with van der Waals surface area (Å²) in [6.45, 7) is 14.1. The number of carbonyl (C=O) groups is 2. The molecule has 0 N–H and O–H groups in total. The molecule has 2 unspecified atom stereocenters. The molecule has 1 saturated carbocycles. The van der Waals surface area contributed by atoms with Crippen molar-refractivity contribution in [1.29, 1.82) is 0 Å². The number of hydrogen-bond donors (Lipinski definition) is 0. The van der Waals surface area contributed by atoms with Gasteiger partial charge in [-0.1, -0.05) is 19.8 Å². The van der Waals surface area contributed by atoms with Gasteiger partial charge >= 0.3 is 6.09 Å². The molecule has 1 aromatic heterocycles. The van der Waals surface area contributed by atoms with Crippen LogP contribution in [0.5, 0.6) is 0 Å². The van der Waals surface area contributed by atoms with Gasteiger partial charge in [0.05, 0.1) is 24.5 Å². The van der Waals surface area contributed by atoms with Gasteiger partial charge in [0.1, 0.15) is 11.3 Å². The largest absolute Gasteiger partial charge is 0.442 e. The van der Waals surface area contributed by atoms with Gasteiger partial charge in [0, 0.05) is 63.6 Å². The third-order valence-corrected chi connectivity index (χ3v) is 11.6. The highest BCUT2D eigenvalue weighted by Gasteiger charge is 2.57. The molecule has 1 aromatic rings. The quantitative estimate of drug-likeness (QED) is 0.385. The zero-order valence-electron chi connectivity index (χ0n) is 26.2. The third kappa shape index (κ3) is 5.78. The maximum Gasteiger partial charge on any atom is 0.410 e. The van der Waals surface area contributed by atoms with Crippen LogP contribution in [0.2, 0.25) is 0 Å². The SMILES string of the molecule is CCCC[C@H]1CN(CC2C3COCC32)C(=O)OC12CCN(C1(C)CCN(C(=O)c3c(C)cc(C(F)F)nc3C)CC1)CC2. The van der Waals surface area contributed by atoms with Crippen molar-refractivity contribution in [2.24, 2.45) is 23.7 Å². The molecule has 10 heteroatoms. The van der Waals surface area contributed by atoms with Gasteiger partial charge in [-0.15, -0.1) is 0 Å². The fraction of sp³-hybridized carbons (Fsp3) is 0.788. The van der Waals surface area contributed by atoms with E-state index in [0.717, 1.165) is 84.3 Å². The number of amides is 2. The Morgan fingerprint density at radius 1 is 1.09 bits per heavy atom. The molecule has 4 aliphatic heterocycles. The van der Waals surface area contributed by atoms with Crippen molar-refractivity contribution in [2.75, 3.05) is 52.5 Å². The second kappa shape index (κ2) is 11.9. The van der Waals surface area contributed by atoms with E-state index in [1.807, 2.05) is 9.80 Å². The van der Waals surface area contributed by atoms with Gasteiger partial charge in [-0.05, 0) is 69.4 Å². The molecule has 3 atom stereocenters. The number of likely N-dealkylation sites (tertiary alicyclic amines) is 2. The number of fused-ring (bicyclic) bond motifs is 1. The first kappa shape index (κ1) is 30.7. The zero-order chi connectivity index (χ0) is 30.5. The summed E-state index contributed by atoms with van der Waals surface area (Å²) in [6, 6.07) is 1.33. The number of aryl methyl sites for hydroxylation is 2. The topological polar surface area (TPSA) is 75.2 Å². The van der Waals surface area contributed by atoms with Crippen molar-refractivity contribution < 1.29 is 27.8 Å². The van der Waals surface area contributed by atoms with Crippen LogP contribution < -0.4 is 0 Å². The molecule has 5 aliphatic rings. The van der Waals surface area contributed by atoms with E-state index < -0.39 is 6.43 Å². The Balaban J connectivity index is 1.06. The Morgan fingerprint density at radius 3 is 2.37 bits per heavy atom. The summed E-state index contributed by atoms with van der Waals surface area (Å²) < 4.78 is 38.4. The zero-order valence-corrected chi connectivity index (χ0v) is 26.2. The first-order valence-corrected chi connectivity index (χ1v) is 16.4. The van der Waals surface area contributed by atoms with Gasteiger partial charge < -0.3 is 19.3 Å². The Morgan fingerprint density at radius 2 is 1.77 bits per heavy atom. The number of halogens is 2. The number of pyridine rings is 1. The van der Waals surface area contributed by atoms with Gasteiger partial charge in [0.15, 0.2) is 0 Å². The van der Waals surface area contributed by atoms with E-state index >= 15 is 0 Å². The second-order valence-electron chi connectivity index (χ2n) is 14.1. The lowest BCUT2D eigenvalue weighted by Crippen LogP contribution is -2.63. The van der Waals surface area contributed by atoms with Crippen LogP contribution in [-0.4, -0.2) is 95.3 Å². The molecule has 5 fully saturated rings. The van der Waals surface area contributed by atoms with Crippen molar-refractivity contribution in [3.05, 3.63) is 28.6 Å². The van der Waals surface area contributed by atoms with Crippen LogP contribution in [0.1, 0.15) is 92.5 Å². The minimum atomic E-state index is -2.66. The molecule has 5 heterocycles. The average Bonchev–Trinajstić information content (AvgIpc) is 3.37. The van der Waals surface area contributed by atoms with Crippen LogP contribution in [0.15, 0.2) is 6.07 Å². The lowest BCUT2D eigenvalue weighted by Gasteiger charge is -2.55. The smallest absolute Gasteiger partial charge is 0.410 e. The van der Waals surface area contributed by atoms with E-state index in [1.165, 1.54) is 6.07 Å². The lowest BCUT2D eigenvalue weighted by molar-refractivity contribution is -0.133. The van der Waals surface area contributed by atoms with Gasteiger partial charge in [0.2, 0.25) is 0 Å². The fourth-order valence-corrected chi connectivity index (χ4v) is 8.56. The van der Waals surface area contributed by atoms with Crippen LogP contribution in [0.25, 0.3) is 0 Å². The molecule has 0 radical (unpaired) electrons. The molecule has 2 amide bonds. The van der Waals surface area contributed by atoms with Gasteiger partial charge in [0.25, 0.3) is 12.3 Å². The summed E-state index contributed by atoms with van der Waals surface area (Å²) in [5.74, 6) is 2.05. The summed E-state index contributed by atoms with van der Waals surface area (Å²) >= 11 is 0. The van der Waals surface area contributed by atoms with Crippen LogP contribution in [0, 0.1) is 37.5 Å².